The SMILES string of the molecule is CO[C@@H]1CC2CN(CC3CC3)C(=O)c3c(O)c(=O)c(C(=O)NCc4ccc(F)cc4F)c1n32. The predicted molar refractivity (Wildman–Crippen MR) is 112 cm³/mol. The first-order chi connectivity index (χ1) is 15.8. The summed E-state index contributed by atoms with van der Waals surface area (Å²) in [6.07, 6.45) is 1.91. The van der Waals surface area contributed by atoms with Crippen LogP contribution in [0.5, 0.6) is 5.75 Å². The second-order valence-electron chi connectivity index (χ2n) is 8.84. The van der Waals surface area contributed by atoms with Crippen LogP contribution >= 0.6 is 0 Å². The summed E-state index contributed by atoms with van der Waals surface area (Å²) in [7, 11) is 1.45. The Morgan fingerprint density at radius 3 is 2.70 bits per heavy atom. The summed E-state index contributed by atoms with van der Waals surface area (Å²) < 4.78 is 34.2. The zero-order valence-electron chi connectivity index (χ0n) is 17.9. The quantitative estimate of drug-likeness (QED) is 0.690. The molecule has 3 heterocycles. The minimum absolute atomic E-state index is 0.0375. The van der Waals surface area contributed by atoms with Gasteiger partial charge in [0.05, 0.1) is 11.7 Å². The summed E-state index contributed by atoms with van der Waals surface area (Å²) in [5.74, 6) is -3.19. The Labute approximate surface area is 187 Å². The highest BCUT2D eigenvalue weighted by atomic mass is 19.1. The molecule has 1 aliphatic carbocycles. The lowest BCUT2D eigenvalue weighted by molar-refractivity contribution is 0.0632. The first kappa shape index (κ1) is 21.6. The van der Waals surface area contributed by atoms with E-state index in [0.29, 0.717) is 31.5 Å². The molecule has 0 saturated heterocycles. The average Bonchev–Trinajstić information content (AvgIpc) is 3.53. The third-order valence-electron chi connectivity index (χ3n) is 6.64. The Kier molecular flexibility index (Phi) is 5.19. The summed E-state index contributed by atoms with van der Waals surface area (Å²) in [5.41, 5.74) is -1.16. The maximum absolute atomic E-state index is 14.0. The third-order valence-corrected chi connectivity index (χ3v) is 6.64. The predicted octanol–water partition coefficient (Wildman–Crippen LogP) is 2.26. The fourth-order valence-corrected chi connectivity index (χ4v) is 4.83. The first-order valence-corrected chi connectivity index (χ1v) is 10.9. The summed E-state index contributed by atoms with van der Waals surface area (Å²) >= 11 is 0. The third kappa shape index (κ3) is 3.58. The van der Waals surface area contributed by atoms with E-state index in [2.05, 4.69) is 5.32 Å². The maximum Gasteiger partial charge on any atom is 0.274 e. The van der Waals surface area contributed by atoms with Crippen molar-refractivity contribution in [2.45, 2.75) is 38.0 Å². The molecular weight excluding hydrogens is 436 g/mol. The molecule has 1 saturated carbocycles. The van der Waals surface area contributed by atoms with Gasteiger partial charge in [0.1, 0.15) is 23.3 Å². The van der Waals surface area contributed by atoms with Crippen molar-refractivity contribution in [1.29, 1.82) is 0 Å². The lowest BCUT2D eigenvalue weighted by Gasteiger charge is -2.34. The Morgan fingerprint density at radius 2 is 2.03 bits per heavy atom. The van der Waals surface area contributed by atoms with Crippen LogP contribution in [0.4, 0.5) is 8.78 Å². The molecule has 5 rings (SSSR count). The molecule has 2 amide bonds. The Morgan fingerprint density at radius 1 is 1.27 bits per heavy atom. The molecule has 1 aromatic carbocycles. The van der Waals surface area contributed by atoms with Crippen molar-refractivity contribution in [3.05, 3.63) is 62.6 Å². The van der Waals surface area contributed by atoms with Crippen molar-refractivity contribution >= 4 is 11.8 Å². The van der Waals surface area contributed by atoms with Gasteiger partial charge in [0, 0.05) is 44.8 Å². The average molecular weight is 459 g/mol. The Hall–Kier alpha value is -3.27. The number of hydrogen-bond donors (Lipinski definition) is 2. The molecule has 2 atom stereocenters. The topological polar surface area (TPSA) is 101 Å². The zero-order chi connectivity index (χ0) is 23.4. The van der Waals surface area contributed by atoms with Crippen molar-refractivity contribution < 1.29 is 28.2 Å². The minimum Gasteiger partial charge on any atom is -0.503 e. The van der Waals surface area contributed by atoms with Gasteiger partial charge in [0.25, 0.3) is 11.8 Å². The highest BCUT2D eigenvalue weighted by Gasteiger charge is 2.46. The van der Waals surface area contributed by atoms with Gasteiger partial charge < -0.3 is 24.6 Å². The van der Waals surface area contributed by atoms with E-state index in [-0.39, 0.29) is 35.1 Å². The summed E-state index contributed by atoms with van der Waals surface area (Å²) in [4.78, 5) is 40.9. The van der Waals surface area contributed by atoms with Crippen LogP contribution in [-0.4, -0.2) is 46.6 Å². The zero-order valence-corrected chi connectivity index (χ0v) is 17.9. The first-order valence-electron chi connectivity index (χ1n) is 10.9. The highest BCUT2D eigenvalue weighted by Crippen LogP contribution is 2.44. The van der Waals surface area contributed by atoms with Crippen LogP contribution in [-0.2, 0) is 11.3 Å². The van der Waals surface area contributed by atoms with Crippen molar-refractivity contribution in [1.82, 2.24) is 14.8 Å². The number of ether oxygens (including phenoxy) is 1. The van der Waals surface area contributed by atoms with E-state index >= 15 is 0 Å². The van der Waals surface area contributed by atoms with Crippen LogP contribution in [0.3, 0.4) is 0 Å². The fourth-order valence-electron chi connectivity index (χ4n) is 4.83. The van der Waals surface area contributed by atoms with Crippen LogP contribution in [0, 0.1) is 17.6 Å². The van der Waals surface area contributed by atoms with Gasteiger partial charge in [0.2, 0.25) is 5.43 Å². The van der Waals surface area contributed by atoms with Crippen LogP contribution < -0.4 is 10.7 Å². The maximum atomic E-state index is 14.0. The number of carbonyl (C=O) groups excluding carboxylic acids is 2. The van der Waals surface area contributed by atoms with Crippen molar-refractivity contribution in [2.24, 2.45) is 5.92 Å². The molecule has 3 aliphatic rings. The molecule has 0 radical (unpaired) electrons. The lowest BCUT2D eigenvalue weighted by atomic mass is 10.1. The number of nitrogens with one attached hydrogen (secondary N) is 1. The van der Waals surface area contributed by atoms with Gasteiger partial charge >= 0.3 is 0 Å². The van der Waals surface area contributed by atoms with E-state index in [0.717, 1.165) is 18.9 Å². The lowest BCUT2D eigenvalue weighted by Crippen LogP contribution is -2.45. The molecule has 1 unspecified atom stereocenters. The number of methoxy groups -OCH3 is 1. The summed E-state index contributed by atoms with van der Waals surface area (Å²) in [5, 5.41) is 13.2. The van der Waals surface area contributed by atoms with Gasteiger partial charge in [-0.05, 0) is 24.8 Å². The number of aromatic nitrogens is 1. The monoisotopic (exact) mass is 459 g/mol. The van der Waals surface area contributed by atoms with Crippen LogP contribution in [0.1, 0.15) is 63.5 Å². The number of benzene rings is 1. The van der Waals surface area contributed by atoms with E-state index in [1.54, 1.807) is 9.47 Å². The molecule has 2 aromatic rings. The van der Waals surface area contributed by atoms with Crippen LogP contribution in [0.25, 0.3) is 0 Å². The molecule has 8 nitrogen and oxygen atoms in total. The van der Waals surface area contributed by atoms with Gasteiger partial charge in [-0.25, -0.2) is 8.78 Å². The number of aromatic hydroxyl groups is 1. The number of carbonyl (C=O) groups is 2. The van der Waals surface area contributed by atoms with Crippen LogP contribution in [0.15, 0.2) is 23.0 Å². The van der Waals surface area contributed by atoms with Gasteiger partial charge in [-0.1, -0.05) is 6.07 Å². The van der Waals surface area contributed by atoms with E-state index < -0.39 is 40.7 Å². The molecule has 2 N–H and O–H groups in total. The van der Waals surface area contributed by atoms with Gasteiger partial charge in [-0.2, -0.15) is 0 Å². The fraction of sp³-hybridized carbons (Fsp3) is 0.435. The summed E-state index contributed by atoms with van der Waals surface area (Å²) in [6.45, 7) is 0.683. The minimum atomic E-state index is -0.974. The van der Waals surface area contributed by atoms with E-state index in [4.69, 9.17) is 4.74 Å². The molecule has 10 heteroatoms. The summed E-state index contributed by atoms with van der Waals surface area (Å²) in [6, 6.07) is 2.71. The molecule has 1 aromatic heterocycles. The molecule has 1 fully saturated rings. The van der Waals surface area contributed by atoms with Crippen molar-refractivity contribution in [2.75, 3.05) is 20.2 Å². The smallest absolute Gasteiger partial charge is 0.274 e. The molecule has 0 spiro atoms. The van der Waals surface area contributed by atoms with Gasteiger partial charge in [0.15, 0.2) is 11.4 Å². The van der Waals surface area contributed by atoms with E-state index in [9.17, 15) is 28.3 Å². The standard InChI is InChI=1S/C23H23F2N3O5/c1-33-16-7-14-10-27(9-11-2-3-11)23(32)19-21(30)20(29)17(18(16)28(14)19)22(31)26-8-12-4-5-13(24)6-15(12)25/h4-6,11,14,16,30H,2-3,7-10H2,1H3,(H,26,31)/t14?,16-/m1/s1. The Bertz CT molecular complexity index is 1220. The van der Waals surface area contributed by atoms with Gasteiger partial charge in [-0.15, -0.1) is 0 Å². The molecule has 33 heavy (non-hydrogen) atoms. The number of nitrogens with zero attached hydrogens (tertiary/aromatic N) is 2. The molecular formula is C23H23F2N3O5. The largest absolute Gasteiger partial charge is 0.503 e. The molecule has 2 aliphatic heterocycles. The second kappa shape index (κ2) is 7.95. The van der Waals surface area contributed by atoms with E-state index in [1.165, 1.54) is 13.2 Å². The second-order valence-corrected chi connectivity index (χ2v) is 8.84. The van der Waals surface area contributed by atoms with E-state index in [1.807, 2.05) is 0 Å². The normalized spacial score (nSPS) is 21.3. The number of halogens is 2. The number of pyridine rings is 1. The van der Waals surface area contributed by atoms with Crippen molar-refractivity contribution in [3.63, 3.8) is 0 Å². The number of rotatable bonds is 6. The molecule has 0 bridgehead atoms. The highest BCUT2D eigenvalue weighted by molar-refractivity contribution is 6.00. The van der Waals surface area contributed by atoms with Crippen LogP contribution in [0.2, 0.25) is 0 Å². The molecule has 174 valence electrons. The number of hydrogen-bond acceptors (Lipinski definition) is 5. The number of amides is 2. The van der Waals surface area contributed by atoms with Crippen molar-refractivity contribution in [3.8, 4) is 5.75 Å². The Balaban J connectivity index is 1.53. The van der Waals surface area contributed by atoms with Gasteiger partial charge in [-0.3, -0.25) is 14.4 Å².